The first-order chi connectivity index (χ1) is 11.9. The van der Waals surface area contributed by atoms with Crippen molar-refractivity contribution in [1.82, 2.24) is 4.98 Å². The molecule has 0 fully saturated rings. The molecule has 1 atom stereocenters. The van der Waals surface area contributed by atoms with Crippen LogP contribution in [-0.2, 0) is 4.84 Å². The third-order valence-corrected chi connectivity index (χ3v) is 3.21. The normalized spacial score (nSPS) is 16.6. The first-order valence-electron chi connectivity index (χ1n) is 7.05. The Kier molecular flexibility index (Phi) is 4.43. The molecule has 25 heavy (non-hydrogen) atoms. The molecule has 0 saturated heterocycles. The highest BCUT2D eigenvalue weighted by Crippen LogP contribution is 2.30. The molecule has 2 heterocycles. The summed E-state index contributed by atoms with van der Waals surface area (Å²) in [5.74, 6) is 0.387. The van der Waals surface area contributed by atoms with Crippen LogP contribution in [0.1, 0.15) is 23.8 Å². The lowest BCUT2D eigenvalue weighted by Gasteiger charge is -2.11. The molecular weight excluding hydrogens is 339 g/mol. The molecule has 2 aromatic rings. The molecule has 1 aliphatic rings. The van der Waals surface area contributed by atoms with E-state index in [0.717, 1.165) is 0 Å². The van der Waals surface area contributed by atoms with Crippen LogP contribution < -0.4 is 9.47 Å². The second-order valence-corrected chi connectivity index (χ2v) is 4.99. The first kappa shape index (κ1) is 16.6. The quantitative estimate of drug-likeness (QED) is 0.844. The fourth-order valence-electron chi connectivity index (χ4n) is 2.12. The number of halogens is 3. The molecule has 1 aromatic heterocycles. The minimum atomic E-state index is -4.73. The van der Waals surface area contributed by atoms with Gasteiger partial charge in [0.25, 0.3) is 0 Å². The highest BCUT2D eigenvalue weighted by atomic mass is 19.4. The van der Waals surface area contributed by atoms with Gasteiger partial charge in [0.1, 0.15) is 23.3 Å². The van der Waals surface area contributed by atoms with Gasteiger partial charge in [0.05, 0.1) is 12.6 Å². The van der Waals surface area contributed by atoms with Crippen molar-refractivity contribution in [3.8, 4) is 17.6 Å². The monoisotopic (exact) mass is 349 g/mol. The van der Waals surface area contributed by atoms with Gasteiger partial charge in [-0.15, -0.1) is 13.2 Å². The second-order valence-electron chi connectivity index (χ2n) is 4.99. The van der Waals surface area contributed by atoms with Gasteiger partial charge in [-0.2, -0.15) is 5.26 Å². The highest BCUT2D eigenvalue weighted by Gasteiger charge is 2.31. The first-order valence-corrected chi connectivity index (χ1v) is 7.05. The van der Waals surface area contributed by atoms with E-state index in [0.29, 0.717) is 23.6 Å². The molecule has 0 N–H and O–H groups in total. The molecule has 128 valence electrons. The van der Waals surface area contributed by atoms with Gasteiger partial charge in [-0.1, -0.05) is 17.3 Å². The van der Waals surface area contributed by atoms with Gasteiger partial charge in [0, 0.05) is 0 Å². The molecule has 1 aromatic carbocycles. The Morgan fingerprint density at radius 3 is 2.44 bits per heavy atom. The Morgan fingerprint density at radius 2 is 1.84 bits per heavy atom. The van der Waals surface area contributed by atoms with Gasteiger partial charge in [-0.05, 0) is 29.8 Å². The van der Waals surface area contributed by atoms with E-state index in [1.165, 1.54) is 36.5 Å². The Morgan fingerprint density at radius 1 is 1.12 bits per heavy atom. The second kappa shape index (κ2) is 6.68. The number of pyridine rings is 1. The lowest BCUT2D eigenvalue weighted by molar-refractivity contribution is -0.274. The highest BCUT2D eigenvalue weighted by molar-refractivity contribution is 5.79. The van der Waals surface area contributed by atoms with Crippen LogP contribution in [0.5, 0.6) is 11.5 Å². The summed E-state index contributed by atoms with van der Waals surface area (Å²) in [6, 6.07) is 10.3. The number of nitrogens with zero attached hydrogens (tertiary/aromatic N) is 3. The number of hydrogen-bond acceptors (Lipinski definition) is 6. The number of oxime groups is 1. The summed E-state index contributed by atoms with van der Waals surface area (Å²) in [6.07, 6.45) is -3.51. The van der Waals surface area contributed by atoms with Crippen LogP contribution in [0.25, 0.3) is 0 Å². The summed E-state index contributed by atoms with van der Waals surface area (Å²) in [5.41, 5.74) is 0.894. The summed E-state index contributed by atoms with van der Waals surface area (Å²) in [5, 5.41) is 12.5. The van der Waals surface area contributed by atoms with Crippen molar-refractivity contribution in [2.24, 2.45) is 5.16 Å². The third-order valence-electron chi connectivity index (χ3n) is 3.21. The molecule has 0 amide bonds. The molecule has 3 rings (SSSR count). The summed E-state index contributed by atoms with van der Waals surface area (Å²) in [6.45, 7) is 0. The fourth-order valence-corrected chi connectivity index (χ4v) is 2.12. The molecule has 0 bridgehead atoms. The number of alkyl halides is 3. The molecule has 6 nitrogen and oxygen atoms in total. The Hall–Kier alpha value is -3.28. The summed E-state index contributed by atoms with van der Waals surface area (Å²) in [7, 11) is 0. The van der Waals surface area contributed by atoms with Gasteiger partial charge in [0.15, 0.2) is 6.10 Å². The maximum atomic E-state index is 12.1. The van der Waals surface area contributed by atoms with E-state index in [1.54, 1.807) is 6.07 Å². The van der Waals surface area contributed by atoms with Crippen molar-refractivity contribution in [3.63, 3.8) is 0 Å². The molecule has 0 spiro atoms. The number of benzene rings is 1. The van der Waals surface area contributed by atoms with Crippen LogP contribution >= 0.6 is 0 Å². The van der Waals surface area contributed by atoms with E-state index in [4.69, 9.17) is 14.8 Å². The van der Waals surface area contributed by atoms with Crippen molar-refractivity contribution in [2.45, 2.75) is 18.9 Å². The Balaban J connectivity index is 1.59. The molecule has 0 aliphatic carbocycles. The van der Waals surface area contributed by atoms with E-state index in [-0.39, 0.29) is 11.4 Å². The minimum absolute atomic E-state index is 0.260. The van der Waals surface area contributed by atoms with Crippen LogP contribution in [-0.4, -0.2) is 17.2 Å². The summed E-state index contributed by atoms with van der Waals surface area (Å²) < 4.78 is 45.7. The zero-order valence-electron chi connectivity index (χ0n) is 12.5. The number of ether oxygens (including phenoxy) is 2. The van der Waals surface area contributed by atoms with Crippen molar-refractivity contribution in [2.75, 3.05) is 0 Å². The Bertz CT molecular complexity index is 812. The van der Waals surface area contributed by atoms with Gasteiger partial charge in [-0.25, -0.2) is 4.98 Å². The number of rotatable bonds is 3. The van der Waals surface area contributed by atoms with Crippen LogP contribution in [0.3, 0.4) is 0 Å². The van der Waals surface area contributed by atoms with E-state index in [9.17, 15) is 13.2 Å². The van der Waals surface area contributed by atoms with Gasteiger partial charge >= 0.3 is 6.36 Å². The van der Waals surface area contributed by atoms with Gasteiger partial charge in [-0.3, -0.25) is 0 Å². The maximum Gasteiger partial charge on any atom is 0.573 e. The van der Waals surface area contributed by atoms with E-state index < -0.39 is 12.5 Å². The zero-order valence-corrected chi connectivity index (χ0v) is 12.5. The molecule has 0 radical (unpaired) electrons. The fraction of sp³-hybridized carbons (Fsp3) is 0.188. The van der Waals surface area contributed by atoms with Crippen LogP contribution in [0, 0.1) is 11.3 Å². The van der Waals surface area contributed by atoms with Gasteiger partial charge < -0.3 is 14.3 Å². The van der Waals surface area contributed by atoms with Crippen LogP contribution in [0.4, 0.5) is 13.2 Å². The van der Waals surface area contributed by atoms with Crippen molar-refractivity contribution >= 4 is 5.90 Å². The standard InChI is InChI=1S/C16H10F3N3O3/c17-16(18,19)24-12-4-1-10(2-5-12)14-7-15(22-25-14)23-13-6-3-11(8-20)21-9-13/h1-6,9,14H,7H2/t14-/m0/s1. The number of aromatic nitrogens is 1. The van der Waals surface area contributed by atoms with Crippen molar-refractivity contribution in [1.29, 1.82) is 5.26 Å². The molecule has 9 heteroatoms. The van der Waals surface area contributed by atoms with E-state index in [1.807, 2.05) is 6.07 Å². The average molecular weight is 349 g/mol. The van der Waals surface area contributed by atoms with Crippen molar-refractivity contribution < 1.29 is 27.5 Å². The SMILES string of the molecule is N#Cc1ccc(OC2=NO[C@H](c3ccc(OC(F)(F)F)cc3)C2)cn1. The molecular formula is C16H10F3N3O3. The lowest BCUT2D eigenvalue weighted by Crippen LogP contribution is -2.17. The summed E-state index contributed by atoms with van der Waals surface area (Å²) >= 11 is 0. The average Bonchev–Trinajstić information content (AvgIpc) is 3.03. The van der Waals surface area contributed by atoms with E-state index in [2.05, 4.69) is 14.9 Å². The van der Waals surface area contributed by atoms with Crippen LogP contribution in [0.15, 0.2) is 47.8 Å². The smallest absolute Gasteiger partial charge is 0.438 e. The third kappa shape index (κ3) is 4.38. The topological polar surface area (TPSA) is 76.7 Å². The van der Waals surface area contributed by atoms with Crippen molar-refractivity contribution in [3.05, 3.63) is 53.9 Å². The molecule has 0 unspecified atom stereocenters. The maximum absolute atomic E-state index is 12.1. The largest absolute Gasteiger partial charge is 0.573 e. The summed E-state index contributed by atoms with van der Waals surface area (Å²) in [4.78, 5) is 9.10. The zero-order chi connectivity index (χ0) is 17.9. The lowest BCUT2D eigenvalue weighted by atomic mass is 10.1. The molecule has 1 aliphatic heterocycles. The van der Waals surface area contributed by atoms with Crippen LogP contribution in [0.2, 0.25) is 0 Å². The number of nitriles is 1. The number of hydrogen-bond donors (Lipinski definition) is 0. The Labute approximate surface area is 140 Å². The minimum Gasteiger partial charge on any atom is -0.438 e. The molecule has 0 saturated carbocycles. The van der Waals surface area contributed by atoms with Gasteiger partial charge in [0.2, 0.25) is 5.90 Å². The predicted molar refractivity (Wildman–Crippen MR) is 78.6 cm³/mol. The predicted octanol–water partition coefficient (Wildman–Crippen LogP) is 3.71. The van der Waals surface area contributed by atoms with E-state index >= 15 is 0 Å².